The largest absolute Gasteiger partial charge is 0.270 e. The standard InChI is InChI=1S/C10H18N2S/c1-4-13-7-5-6-12-10(3)8-9(2)11-12/h8H,4-7H2,1-3H3. The third-order valence-electron chi connectivity index (χ3n) is 1.97. The summed E-state index contributed by atoms with van der Waals surface area (Å²) in [7, 11) is 0. The van der Waals surface area contributed by atoms with Crippen LogP contribution in [-0.4, -0.2) is 21.3 Å². The maximum absolute atomic E-state index is 4.42. The highest BCUT2D eigenvalue weighted by Gasteiger charge is 1.99. The summed E-state index contributed by atoms with van der Waals surface area (Å²) in [5, 5.41) is 4.42. The Labute approximate surface area is 84.7 Å². The van der Waals surface area contributed by atoms with E-state index in [4.69, 9.17) is 0 Å². The first-order valence-electron chi connectivity index (χ1n) is 4.83. The van der Waals surface area contributed by atoms with Crippen LogP contribution in [0.3, 0.4) is 0 Å². The smallest absolute Gasteiger partial charge is 0.0596 e. The molecule has 0 aliphatic heterocycles. The van der Waals surface area contributed by atoms with Crippen molar-refractivity contribution in [1.29, 1.82) is 0 Å². The van der Waals surface area contributed by atoms with E-state index in [-0.39, 0.29) is 0 Å². The third-order valence-corrected chi connectivity index (χ3v) is 2.95. The van der Waals surface area contributed by atoms with Gasteiger partial charge < -0.3 is 0 Å². The summed E-state index contributed by atoms with van der Waals surface area (Å²) in [4.78, 5) is 0. The Morgan fingerprint density at radius 3 is 2.77 bits per heavy atom. The van der Waals surface area contributed by atoms with Gasteiger partial charge in [-0.05, 0) is 37.8 Å². The Bertz CT molecular complexity index is 255. The second-order valence-corrected chi connectivity index (χ2v) is 4.59. The predicted octanol–water partition coefficient (Wildman–Crippen LogP) is 2.64. The van der Waals surface area contributed by atoms with Crippen LogP contribution >= 0.6 is 11.8 Å². The van der Waals surface area contributed by atoms with Gasteiger partial charge in [-0.2, -0.15) is 16.9 Å². The highest BCUT2D eigenvalue weighted by Crippen LogP contribution is 2.06. The molecule has 74 valence electrons. The molecule has 0 aromatic carbocycles. The first kappa shape index (κ1) is 10.6. The quantitative estimate of drug-likeness (QED) is 0.677. The lowest BCUT2D eigenvalue weighted by atomic mass is 10.4. The molecule has 3 heteroatoms. The molecule has 0 saturated heterocycles. The minimum Gasteiger partial charge on any atom is -0.270 e. The average Bonchev–Trinajstić information content (AvgIpc) is 2.39. The topological polar surface area (TPSA) is 17.8 Å². The highest BCUT2D eigenvalue weighted by molar-refractivity contribution is 7.99. The van der Waals surface area contributed by atoms with Gasteiger partial charge in [-0.1, -0.05) is 6.92 Å². The number of aryl methyl sites for hydroxylation is 3. The van der Waals surface area contributed by atoms with Crippen LogP contribution in [0.2, 0.25) is 0 Å². The zero-order valence-corrected chi connectivity index (χ0v) is 9.52. The van der Waals surface area contributed by atoms with Crippen molar-refractivity contribution in [1.82, 2.24) is 9.78 Å². The number of nitrogens with zero attached hydrogens (tertiary/aromatic N) is 2. The van der Waals surface area contributed by atoms with Crippen LogP contribution in [0.15, 0.2) is 6.07 Å². The molecule has 1 rings (SSSR count). The van der Waals surface area contributed by atoms with Gasteiger partial charge in [0, 0.05) is 12.2 Å². The van der Waals surface area contributed by atoms with E-state index in [0.29, 0.717) is 0 Å². The van der Waals surface area contributed by atoms with Gasteiger partial charge in [0.1, 0.15) is 0 Å². The molecule has 0 aliphatic carbocycles. The van der Waals surface area contributed by atoms with Crippen molar-refractivity contribution >= 4 is 11.8 Å². The van der Waals surface area contributed by atoms with Gasteiger partial charge in [-0.3, -0.25) is 4.68 Å². The maximum atomic E-state index is 4.42. The zero-order chi connectivity index (χ0) is 9.68. The molecule has 1 aromatic heterocycles. The van der Waals surface area contributed by atoms with Crippen molar-refractivity contribution in [2.24, 2.45) is 0 Å². The number of hydrogen-bond acceptors (Lipinski definition) is 2. The maximum Gasteiger partial charge on any atom is 0.0596 e. The molecular weight excluding hydrogens is 180 g/mol. The molecule has 0 spiro atoms. The van der Waals surface area contributed by atoms with Gasteiger partial charge >= 0.3 is 0 Å². The molecule has 0 bridgehead atoms. The fraction of sp³-hybridized carbons (Fsp3) is 0.700. The van der Waals surface area contributed by atoms with Crippen LogP contribution in [0.25, 0.3) is 0 Å². The Kier molecular flexibility index (Phi) is 4.36. The normalized spacial score (nSPS) is 10.7. The molecule has 0 fully saturated rings. The Balaban J connectivity index is 2.32. The van der Waals surface area contributed by atoms with E-state index in [1.54, 1.807) is 0 Å². The molecule has 0 saturated carbocycles. The van der Waals surface area contributed by atoms with Crippen molar-refractivity contribution in [3.05, 3.63) is 17.5 Å². The Hall–Kier alpha value is -0.440. The molecule has 0 amide bonds. The molecule has 13 heavy (non-hydrogen) atoms. The average molecular weight is 198 g/mol. The van der Waals surface area contributed by atoms with Crippen LogP contribution in [0.1, 0.15) is 24.7 Å². The van der Waals surface area contributed by atoms with Gasteiger partial charge in [0.2, 0.25) is 0 Å². The van der Waals surface area contributed by atoms with Crippen molar-refractivity contribution < 1.29 is 0 Å². The van der Waals surface area contributed by atoms with E-state index in [2.05, 4.69) is 29.7 Å². The van der Waals surface area contributed by atoms with Crippen LogP contribution in [0.5, 0.6) is 0 Å². The van der Waals surface area contributed by atoms with E-state index < -0.39 is 0 Å². The Morgan fingerprint density at radius 2 is 2.23 bits per heavy atom. The predicted molar refractivity (Wildman–Crippen MR) is 59.3 cm³/mol. The lowest BCUT2D eigenvalue weighted by Crippen LogP contribution is -2.03. The van der Waals surface area contributed by atoms with E-state index in [1.165, 1.54) is 23.6 Å². The van der Waals surface area contributed by atoms with Crippen LogP contribution in [-0.2, 0) is 6.54 Å². The molecular formula is C10H18N2S. The van der Waals surface area contributed by atoms with Crippen molar-refractivity contribution in [2.75, 3.05) is 11.5 Å². The number of thioether (sulfide) groups is 1. The second kappa shape index (κ2) is 5.32. The Morgan fingerprint density at radius 1 is 1.46 bits per heavy atom. The summed E-state index contributed by atoms with van der Waals surface area (Å²) in [6, 6.07) is 2.13. The lowest BCUT2D eigenvalue weighted by molar-refractivity contribution is 0.586. The van der Waals surface area contributed by atoms with E-state index in [9.17, 15) is 0 Å². The van der Waals surface area contributed by atoms with Gasteiger partial charge in [-0.25, -0.2) is 0 Å². The summed E-state index contributed by atoms with van der Waals surface area (Å²) in [6.45, 7) is 7.43. The molecule has 0 radical (unpaired) electrons. The molecule has 0 unspecified atom stereocenters. The SMILES string of the molecule is CCSCCCn1nc(C)cc1C. The fourth-order valence-corrected chi connectivity index (χ4v) is 1.98. The van der Waals surface area contributed by atoms with Crippen LogP contribution < -0.4 is 0 Å². The molecule has 1 heterocycles. The first-order valence-corrected chi connectivity index (χ1v) is 5.98. The van der Waals surface area contributed by atoms with Crippen LogP contribution in [0, 0.1) is 13.8 Å². The van der Waals surface area contributed by atoms with Gasteiger partial charge in [0.25, 0.3) is 0 Å². The van der Waals surface area contributed by atoms with Crippen molar-refractivity contribution in [3.8, 4) is 0 Å². The fourth-order valence-electron chi connectivity index (χ4n) is 1.36. The van der Waals surface area contributed by atoms with Gasteiger partial charge in [0.05, 0.1) is 5.69 Å². The summed E-state index contributed by atoms with van der Waals surface area (Å²) in [5.41, 5.74) is 2.40. The number of hydrogen-bond donors (Lipinski definition) is 0. The van der Waals surface area contributed by atoms with Crippen molar-refractivity contribution in [3.63, 3.8) is 0 Å². The molecule has 2 nitrogen and oxygen atoms in total. The summed E-state index contributed by atoms with van der Waals surface area (Å²) < 4.78 is 2.10. The van der Waals surface area contributed by atoms with Gasteiger partial charge in [0.15, 0.2) is 0 Å². The third kappa shape index (κ3) is 3.43. The minimum absolute atomic E-state index is 1.06. The zero-order valence-electron chi connectivity index (χ0n) is 8.71. The molecule has 0 N–H and O–H groups in total. The van der Waals surface area contributed by atoms with Crippen molar-refractivity contribution in [2.45, 2.75) is 33.7 Å². The lowest BCUT2D eigenvalue weighted by Gasteiger charge is -2.02. The summed E-state index contributed by atoms with van der Waals surface area (Å²) in [6.07, 6.45) is 1.22. The molecule has 1 aromatic rings. The van der Waals surface area contributed by atoms with Gasteiger partial charge in [-0.15, -0.1) is 0 Å². The first-order chi connectivity index (χ1) is 6.24. The summed E-state index contributed by atoms with van der Waals surface area (Å²) in [5.74, 6) is 2.46. The molecule has 0 atom stereocenters. The monoisotopic (exact) mass is 198 g/mol. The van der Waals surface area contributed by atoms with E-state index in [1.807, 2.05) is 18.7 Å². The summed E-state index contributed by atoms with van der Waals surface area (Å²) >= 11 is 2.00. The minimum atomic E-state index is 1.06. The second-order valence-electron chi connectivity index (χ2n) is 3.20. The van der Waals surface area contributed by atoms with Crippen LogP contribution in [0.4, 0.5) is 0 Å². The van der Waals surface area contributed by atoms with E-state index >= 15 is 0 Å². The highest BCUT2D eigenvalue weighted by atomic mass is 32.2. The van der Waals surface area contributed by atoms with E-state index in [0.717, 1.165) is 12.2 Å². The number of aromatic nitrogens is 2. The molecule has 0 aliphatic rings. The number of rotatable bonds is 5.